The van der Waals surface area contributed by atoms with E-state index in [1.165, 1.54) is 0 Å². The molecule has 0 spiro atoms. The minimum atomic E-state index is -0.146. The van der Waals surface area contributed by atoms with Crippen LogP contribution in [-0.4, -0.2) is 21.2 Å². The van der Waals surface area contributed by atoms with Crippen molar-refractivity contribution in [3.8, 4) is 0 Å². The summed E-state index contributed by atoms with van der Waals surface area (Å²) in [6.45, 7) is 10.3. The fourth-order valence-corrected chi connectivity index (χ4v) is 1.48. The maximum atomic E-state index is 11.8. The third-order valence-electron chi connectivity index (χ3n) is 2.76. The van der Waals surface area contributed by atoms with E-state index in [9.17, 15) is 4.79 Å². The van der Waals surface area contributed by atoms with E-state index in [1.807, 2.05) is 33.8 Å². The number of nitrogens with one attached hydrogen (secondary N) is 1. The number of aromatic nitrogens is 2. The van der Waals surface area contributed by atoms with Crippen LogP contribution in [0.2, 0.25) is 0 Å². The molecule has 0 aromatic carbocycles. The Labute approximate surface area is 97.0 Å². The van der Waals surface area contributed by atoms with Crippen LogP contribution in [0, 0.1) is 13.8 Å². The fourth-order valence-electron chi connectivity index (χ4n) is 1.48. The quantitative estimate of drug-likeness (QED) is 0.846. The van der Waals surface area contributed by atoms with Crippen molar-refractivity contribution in [2.45, 2.75) is 53.1 Å². The minimum Gasteiger partial charge on any atom is -0.350 e. The number of amides is 1. The molecule has 1 N–H and O–H groups in total. The molecule has 4 heteroatoms. The fraction of sp³-hybridized carbons (Fsp3) is 0.667. The Balaban J connectivity index is 2.62. The molecule has 0 fully saturated rings. The van der Waals surface area contributed by atoms with Crippen molar-refractivity contribution in [2.24, 2.45) is 0 Å². The van der Waals surface area contributed by atoms with Gasteiger partial charge in [0.15, 0.2) is 0 Å². The molecule has 0 saturated carbocycles. The Bertz CT molecular complexity index is 380. The standard InChI is InChI=1S/C12H21N3O/c1-6-12(4,5)13-11(16)8-15-10(3)7-9(2)14-15/h7H,6,8H2,1-5H3,(H,13,16). The van der Waals surface area contributed by atoms with Gasteiger partial charge in [0, 0.05) is 11.2 Å². The van der Waals surface area contributed by atoms with Crippen LogP contribution in [0.5, 0.6) is 0 Å². The summed E-state index contributed by atoms with van der Waals surface area (Å²) in [5.74, 6) is 0.0121. The highest BCUT2D eigenvalue weighted by molar-refractivity contribution is 5.76. The molecule has 1 heterocycles. The largest absolute Gasteiger partial charge is 0.350 e. The molecule has 0 aliphatic heterocycles. The van der Waals surface area contributed by atoms with Gasteiger partial charge in [-0.2, -0.15) is 5.10 Å². The van der Waals surface area contributed by atoms with Gasteiger partial charge in [-0.05, 0) is 40.2 Å². The Kier molecular flexibility index (Phi) is 3.73. The van der Waals surface area contributed by atoms with Crippen molar-refractivity contribution in [3.63, 3.8) is 0 Å². The molecule has 0 aliphatic carbocycles. The molecule has 0 aliphatic rings. The summed E-state index contributed by atoms with van der Waals surface area (Å²) in [7, 11) is 0. The summed E-state index contributed by atoms with van der Waals surface area (Å²) in [6.07, 6.45) is 0.913. The summed E-state index contributed by atoms with van der Waals surface area (Å²) in [5.41, 5.74) is 1.81. The third kappa shape index (κ3) is 3.36. The molecule has 1 amide bonds. The van der Waals surface area contributed by atoms with Gasteiger partial charge >= 0.3 is 0 Å². The molecule has 0 atom stereocenters. The molecular formula is C12H21N3O. The molecule has 0 bridgehead atoms. The highest BCUT2D eigenvalue weighted by Gasteiger charge is 2.18. The zero-order valence-corrected chi connectivity index (χ0v) is 10.8. The van der Waals surface area contributed by atoms with Crippen LogP contribution in [0.4, 0.5) is 0 Å². The van der Waals surface area contributed by atoms with E-state index in [1.54, 1.807) is 4.68 Å². The molecule has 4 nitrogen and oxygen atoms in total. The third-order valence-corrected chi connectivity index (χ3v) is 2.76. The van der Waals surface area contributed by atoms with Crippen LogP contribution in [0.25, 0.3) is 0 Å². The van der Waals surface area contributed by atoms with Crippen LogP contribution < -0.4 is 5.32 Å². The lowest BCUT2D eigenvalue weighted by Crippen LogP contribution is -2.44. The maximum Gasteiger partial charge on any atom is 0.242 e. The predicted octanol–water partition coefficient (Wildman–Crippen LogP) is 1.80. The van der Waals surface area contributed by atoms with Gasteiger partial charge in [-0.1, -0.05) is 6.92 Å². The summed E-state index contributed by atoms with van der Waals surface area (Å²) in [6, 6.07) is 1.97. The number of nitrogens with zero attached hydrogens (tertiary/aromatic N) is 2. The SMILES string of the molecule is CCC(C)(C)NC(=O)Cn1nc(C)cc1C. The lowest BCUT2D eigenvalue weighted by Gasteiger charge is -2.24. The summed E-state index contributed by atoms with van der Waals surface area (Å²) in [4.78, 5) is 11.8. The van der Waals surface area contributed by atoms with Crippen LogP contribution in [0.1, 0.15) is 38.6 Å². The zero-order valence-electron chi connectivity index (χ0n) is 10.8. The summed E-state index contributed by atoms with van der Waals surface area (Å²) in [5, 5.41) is 7.25. The second kappa shape index (κ2) is 4.68. The predicted molar refractivity (Wildman–Crippen MR) is 64.2 cm³/mol. The molecule has 90 valence electrons. The van der Waals surface area contributed by atoms with Gasteiger partial charge in [0.1, 0.15) is 6.54 Å². The van der Waals surface area contributed by atoms with Crippen molar-refractivity contribution in [1.29, 1.82) is 0 Å². The normalized spacial score (nSPS) is 11.6. The van der Waals surface area contributed by atoms with E-state index >= 15 is 0 Å². The number of hydrogen-bond acceptors (Lipinski definition) is 2. The van der Waals surface area contributed by atoms with E-state index < -0.39 is 0 Å². The molecule has 1 aromatic heterocycles. The highest BCUT2D eigenvalue weighted by Crippen LogP contribution is 2.07. The lowest BCUT2D eigenvalue weighted by atomic mass is 10.0. The Hall–Kier alpha value is -1.32. The number of carbonyl (C=O) groups is 1. The van der Waals surface area contributed by atoms with Crippen molar-refractivity contribution in [2.75, 3.05) is 0 Å². The van der Waals surface area contributed by atoms with E-state index in [2.05, 4.69) is 17.3 Å². The lowest BCUT2D eigenvalue weighted by molar-refractivity contribution is -0.123. The Morgan fingerprint density at radius 3 is 2.56 bits per heavy atom. The second-order valence-corrected chi connectivity index (χ2v) is 4.87. The van der Waals surface area contributed by atoms with Gasteiger partial charge in [-0.15, -0.1) is 0 Å². The average Bonchev–Trinajstić information content (AvgIpc) is 2.44. The maximum absolute atomic E-state index is 11.8. The number of aryl methyl sites for hydroxylation is 2. The molecule has 0 saturated heterocycles. The van der Waals surface area contributed by atoms with Crippen LogP contribution in [0.3, 0.4) is 0 Å². The number of carbonyl (C=O) groups excluding carboxylic acids is 1. The first kappa shape index (κ1) is 12.7. The number of hydrogen-bond donors (Lipinski definition) is 1. The van der Waals surface area contributed by atoms with Gasteiger partial charge in [0.25, 0.3) is 0 Å². The zero-order chi connectivity index (χ0) is 12.3. The molecule has 1 rings (SSSR count). The molecule has 1 aromatic rings. The molecule has 0 unspecified atom stereocenters. The first-order valence-electron chi connectivity index (χ1n) is 5.66. The highest BCUT2D eigenvalue weighted by atomic mass is 16.2. The van der Waals surface area contributed by atoms with Gasteiger partial charge in [-0.25, -0.2) is 0 Å². The summed E-state index contributed by atoms with van der Waals surface area (Å²) < 4.78 is 1.73. The monoisotopic (exact) mass is 223 g/mol. The van der Waals surface area contributed by atoms with Crippen molar-refractivity contribution >= 4 is 5.91 Å². The van der Waals surface area contributed by atoms with E-state index in [0.717, 1.165) is 17.8 Å². The number of rotatable bonds is 4. The van der Waals surface area contributed by atoms with Crippen molar-refractivity contribution in [3.05, 3.63) is 17.5 Å². The van der Waals surface area contributed by atoms with Crippen molar-refractivity contribution in [1.82, 2.24) is 15.1 Å². The first-order chi connectivity index (χ1) is 7.34. The van der Waals surface area contributed by atoms with Crippen LogP contribution in [0.15, 0.2) is 6.07 Å². The van der Waals surface area contributed by atoms with Gasteiger partial charge in [-0.3, -0.25) is 9.48 Å². The smallest absolute Gasteiger partial charge is 0.242 e. The van der Waals surface area contributed by atoms with Crippen molar-refractivity contribution < 1.29 is 4.79 Å². The second-order valence-electron chi connectivity index (χ2n) is 4.87. The Morgan fingerprint density at radius 1 is 1.50 bits per heavy atom. The molecule has 16 heavy (non-hydrogen) atoms. The van der Waals surface area contributed by atoms with Gasteiger partial charge in [0.2, 0.25) is 5.91 Å². The summed E-state index contributed by atoms with van der Waals surface area (Å²) >= 11 is 0. The van der Waals surface area contributed by atoms with Crippen LogP contribution in [-0.2, 0) is 11.3 Å². The van der Waals surface area contributed by atoms with E-state index in [-0.39, 0.29) is 11.4 Å². The van der Waals surface area contributed by atoms with E-state index in [4.69, 9.17) is 0 Å². The average molecular weight is 223 g/mol. The topological polar surface area (TPSA) is 46.9 Å². The van der Waals surface area contributed by atoms with Gasteiger partial charge < -0.3 is 5.32 Å². The molecule has 0 radical (unpaired) electrons. The van der Waals surface area contributed by atoms with E-state index in [0.29, 0.717) is 6.54 Å². The first-order valence-corrected chi connectivity index (χ1v) is 5.66. The van der Waals surface area contributed by atoms with Gasteiger partial charge in [0.05, 0.1) is 5.69 Å². The molecular weight excluding hydrogens is 202 g/mol. The van der Waals surface area contributed by atoms with Crippen LogP contribution >= 0.6 is 0 Å². The Morgan fingerprint density at radius 2 is 2.12 bits per heavy atom. The minimum absolute atomic E-state index is 0.0121.